The molecule has 2 heterocycles. The number of amides is 2. The van der Waals surface area contributed by atoms with Gasteiger partial charge in [0.25, 0.3) is 5.91 Å². The van der Waals surface area contributed by atoms with Crippen molar-refractivity contribution in [2.24, 2.45) is 0 Å². The largest absolute Gasteiger partial charge is 0.378 e. The third-order valence-corrected chi connectivity index (χ3v) is 5.26. The Balaban J connectivity index is 1.61. The molecule has 0 saturated carbocycles. The molecule has 4 rings (SSSR count). The van der Waals surface area contributed by atoms with E-state index >= 15 is 0 Å². The Hall–Kier alpha value is -3.16. The molecule has 1 aliphatic rings. The lowest BCUT2D eigenvalue weighted by Crippen LogP contribution is -2.24. The van der Waals surface area contributed by atoms with Crippen LogP contribution in [0, 0.1) is 6.92 Å². The van der Waals surface area contributed by atoms with E-state index in [0.29, 0.717) is 22.2 Å². The van der Waals surface area contributed by atoms with Crippen LogP contribution in [0.4, 0.5) is 11.5 Å². The van der Waals surface area contributed by atoms with Crippen molar-refractivity contribution in [2.75, 3.05) is 17.7 Å². The standard InChI is InChI=1S/C22H21ClN4O3/c1-13-8-9-16(15(23)10-13)24-19(28)11-18-22(29)25-21-20(14-6-4-3-5-7-14)17(12-30-2)26-27(18)21/h3-10,18H,11-12H2,1-2H3,(H,24,28)(H,25,29). The summed E-state index contributed by atoms with van der Waals surface area (Å²) in [7, 11) is 1.59. The fraction of sp³-hybridized carbons (Fsp3) is 0.227. The zero-order valence-corrected chi connectivity index (χ0v) is 17.4. The van der Waals surface area contributed by atoms with Crippen molar-refractivity contribution >= 4 is 34.9 Å². The van der Waals surface area contributed by atoms with Gasteiger partial charge in [-0.05, 0) is 30.2 Å². The highest BCUT2D eigenvalue weighted by Gasteiger charge is 2.37. The summed E-state index contributed by atoms with van der Waals surface area (Å²) in [6.07, 6.45) is -0.0641. The van der Waals surface area contributed by atoms with Gasteiger partial charge < -0.3 is 15.4 Å². The van der Waals surface area contributed by atoms with Crippen LogP contribution in [0.15, 0.2) is 48.5 Å². The maximum absolute atomic E-state index is 12.6. The predicted octanol–water partition coefficient (Wildman–Crippen LogP) is 4.18. The molecular weight excluding hydrogens is 404 g/mol. The number of nitrogens with zero attached hydrogens (tertiary/aromatic N) is 2. The number of halogens is 1. The molecule has 7 nitrogen and oxygen atoms in total. The summed E-state index contributed by atoms with van der Waals surface area (Å²) >= 11 is 6.20. The van der Waals surface area contributed by atoms with Gasteiger partial charge in [-0.3, -0.25) is 9.59 Å². The van der Waals surface area contributed by atoms with Gasteiger partial charge in [0.05, 0.1) is 29.4 Å². The highest BCUT2D eigenvalue weighted by Crippen LogP contribution is 2.38. The molecule has 0 saturated heterocycles. The van der Waals surface area contributed by atoms with Crippen molar-refractivity contribution in [2.45, 2.75) is 26.0 Å². The summed E-state index contributed by atoms with van der Waals surface area (Å²) in [5.41, 5.74) is 3.92. The number of hydrogen-bond donors (Lipinski definition) is 2. The van der Waals surface area contributed by atoms with E-state index in [1.165, 1.54) is 0 Å². The molecule has 0 bridgehead atoms. The molecule has 1 aromatic heterocycles. The lowest BCUT2D eigenvalue weighted by atomic mass is 10.1. The first-order valence-corrected chi connectivity index (χ1v) is 9.88. The van der Waals surface area contributed by atoms with E-state index in [0.717, 1.165) is 16.7 Å². The van der Waals surface area contributed by atoms with Crippen LogP contribution in [0.3, 0.4) is 0 Å². The number of fused-ring (bicyclic) bond motifs is 1. The van der Waals surface area contributed by atoms with Gasteiger partial charge in [-0.25, -0.2) is 4.68 Å². The average Bonchev–Trinajstić information content (AvgIpc) is 3.20. The van der Waals surface area contributed by atoms with Gasteiger partial charge >= 0.3 is 0 Å². The molecule has 0 radical (unpaired) electrons. The molecule has 8 heteroatoms. The Bertz CT molecular complexity index is 1110. The number of ether oxygens (including phenoxy) is 1. The van der Waals surface area contributed by atoms with Crippen molar-refractivity contribution in [3.8, 4) is 11.1 Å². The van der Waals surface area contributed by atoms with E-state index in [-0.39, 0.29) is 24.8 Å². The number of hydrogen-bond acceptors (Lipinski definition) is 4. The number of nitrogens with one attached hydrogen (secondary N) is 2. The van der Waals surface area contributed by atoms with Crippen LogP contribution in [-0.2, 0) is 20.9 Å². The van der Waals surface area contributed by atoms with Crippen LogP contribution >= 0.6 is 11.6 Å². The number of methoxy groups -OCH3 is 1. The number of aryl methyl sites for hydroxylation is 1. The van der Waals surface area contributed by atoms with Gasteiger partial charge in [0.2, 0.25) is 5.91 Å². The second-order valence-corrected chi connectivity index (χ2v) is 7.56. The fourth-order valence-electron chi connectivity index (χ4n) is 3.56. The number of anilines is 2. The molecule has 2 amide bonds. The van der Waals surface area contributed by atoms with Gasteiger partial charge in [-0.1, -0.05) is 48.0 Å². The highest BCUT2D eigenvalue weighted by atomic mass is 35.5. The van der Waals surface area contributed by atoms with Crippen LogP contribution in [0.25, 0.3) is 11.1 Å². The van der Waals surface area contributed by atoms with E-state index in [1.54, 1.807) is 23.9 Å². The molecule has 30 heavy (non-hydrogen) atoms. The highest BCUT2D eigenvalue weighted by molar-refractivity contribution is 6.33. The second-order valence-electron chi connectivity index (χ2n) is 7.15. The van der Waals surface area contributed by atoms with Gasteiger partial charge in [-0.15, -0.1) is 0 Å². The van der Waals surface area contributed by atoms with Crippen LogP contribution < -0.4 is 10.6 Å². The van der Waals surface area contributed by atoms with Crippen molar-refractivity contribution in [3.63, 3.8) is 0 Å². The van der Waals surface area contributed by atoms with Gasteiger partial charge in [0, 0.05) is 12.7 Å². The third kappa shape index (κ3) is 3.81. The molecule has 2 aromatic carbocycles. The maximum atomic E-state index is 12.6. The summed E-state index contributed by atoms with van der Waals surface area (Å²) in [6, 6.07) is 14.3. The minimum atomic E-state index is -0.753. The summed E-state index contributed by atoms with van der Waals surface area (Å²) in [4.78, 5) is 25.3. The van der Waals surface area contributed by atoms with E-state index < -0.39 is 6.04 Å². The quantitative estimate of drug-likeness (QED) is 0.621. The van der Waals surface area contributed by atoms with E-state index in [9.17, 15) is 9.59 Å². The monoisotopic (exact) mass is 424 g/mol. The average molecular weight is 425 g/mol. The number of benzene rings is 2. The normalized spacial score (nSPS) is 15.0. The van der Waals surface area contributed by atoms with Crippen LogP contribution in [0.2, 0.25) is 5.02 Å². The molecule has 0 spiro atoms. The number of carbonyl (C=O) groups excluding carboxylic acids is 2. The zero-order valence-electron chi connectivity index (χ0n) is 16.6. The molecule has 0 aliphatic carbocycles. The summed E-state index contributed by atoms with van der Waals surface area (Å²) in [5, 5.41) is 10.7. The molecule has 1 unspecified atom stereocenters. The van der Waals surface area contributed by atoms with Gasteiger partial charge in [0.1, 0.15) is 11.9 Å². The minimum Gasteiger partial charge on any atom is -0.378 e. The molecule has 1 atom stereocenters. The molecule has 0 fully saturated rings. The van der Waals surface area contributed by atoms with Gasteiger partial charge in [-0.2, -0.15) is 5.10 Å². The maximum Gasteiger partial charge on any atom is 0.251 e. The topological polar surface area (TPSA) is 85.2 Å². The summed E-state index contributed by atoms with van der Waals surface area (Å²) in [5.74, 6) is -0.0213. The number of carbonyl (C=O) groups is 2. The zero-order chi connectivity index (χ0) is 21.3. The van der Waals surface area contributed by atoms with Crippen LogP contribution in [0.1, 0.15) is 23.7 Å². The first-order valence-electron chi connectivity index (χ1n) is 9.50. The Morgan fingerprint density at radius 3 is 2.73 bits per heavy atom. The predicted molar refractivity (Wildman–Crippen MR) is 115 cm³/mol. The van der Waals surface area contributed by atoms with E-state index in [2.05, 4.69) is 15.7 Å². The van der Waals surface area contributed by atoms with Crippen molar-refractivity contribution < 1.29 is 14.3 Å². The SMILES string of the molecule is COCc1nn2c(c1-c1ccccc1)NC(=O)C2CC(=O)Nc1ccc(C)cc1Cl. The van der Waals surface area contributed by atoms with Crippen molar-refractivity contribution in [1.82, 2.24) is 9.78 Å². The van der Waals surface area contributed by atoms with Crippen molar-refractivity contribution in [3.05, 3.63) is 64.8 Å². The Morgan fingerprint density at radius 2 is 2.03 bits per heavy atom. The first-order chi connectivity index (χ1) is 14.5. The molecule has 3 aromatic rings. The Labute approximate surface area is 179 Å². The van der Waals surface area contributed by atoms with E-state index in [4.69, 9.17) is 16.3 Å². The number of aromatic nitrogens is 2. The molecule has 2 N–H and O–H groups in total. The Morgan fingerprint density at radius 1 is 1.27 bits per heavy atom. The summed E-state index contributed by atoms with van der Waals surface area (Å²) in [6.45, 7) is 2.21. The smallest absolute Gasteiger partial charge is 0.251 e. The molecular formula is C22H21ClN4O3. The fourth-order valence-corrected chi connectivity index (χ4v) is 3.84. The van der Waals surface area contributed by atoms with Gasteiger partial charge in [0.15, 0.2) is 0 Å². The minimum absolute atomic E-state index is 0.0641. The molecule has 154 valence electrons. The number of rotatable bonds is 6. The lowest BCUT2D eigenvalue weighted by Gasteiger charge is -2.11. The Kier molecular flexibility index (Phi) is 5.57. The molecule has 1 aliphatic heterocycles. The summed E-state index contributed by atoms with van der Waals surface area (Å²) < 4.78 is 6.87. The van der Waals surface area contributed by atoms with Crippen molar-refractivity contribution in [1.29, 1.82) is 0 Å². The third-order valence-electron chi connectivity index (χ3n) is 4.94. The van der Waals surface area contributed by atoms with Crippen LogP contribution in [-0.4, -0.2) is 28.7 Å². The van der Waals surface area contributed by atoms with Crippen LogP contribution in [0.5, 0.6) is 0 Å². The first kappa shape index (κ1) is 20.1. The van der Waals surface area contributed by atoms with E-state index in [1.807, 2.05) is 43.3 Å². The second kappa shape index (κ2) is 8.30. The lowest BCUT2D eigenvalue weighted by molar-refractivity contribution is -0.123.